The van der Waals surface area contributed by atoms with E-state index in [4.69, 9.17) is 22.9 Å². The van der Waals surface area contributed by atoms with Crippen molar-refractivity contribution in [3.05, 3.63) is 35.9 Å². The molecule has 4 heteroatoms. The lowest BCUT2D eigenvalue weighted by Gasteiger charge is -2.19. The minimum Gasteiger partial charge on any atom is -0.389 e. The third-order valence-electron chi connectivity index (χ3n) is 4.30. The molecular weight excluding hydrogens is 278 g/mol. The number of rotatable bonds is 3. The molecule has 1 aromatic heterocycles. The van der Waals surface area contributed by atoms with Crippen LogP contribution >= 0.6 is 12.2 Å². The van der Waals surface area contributed by atoms with Gasteiger partial charge in [0.2, 0.25) is 0 Å². The van der Waals surface area contributed by atoms with E-state index in [2.05, 4.69) is 19.2 Å². The predicted molar refractivity (Wildman–Crippen MR) is 92.7 cm³/mol. The summed E-state index contributed by atoms with van der Waals surface area (Å²) in [5.41, 5.74) is 8.10. The van der Waals surface area contributed by atoms with Crippen LogP contribution < -0.4 is 11.1 Å². The highest BCUT2D eigenvalue weighted by Crippen LogP contribution is 2.38. The number of fused-ring (bicyclic) bond motifs is 1. The number of nitrogens with zero attached hydrogens (tertiary/aromatic N) is 1. The minimum absolute atomic E-state index is 0.396. The Balaban J connectivity index is 1.96. The van der Waals surface area contributed by atoms with Gasteiger partial charge >= 0.3 is 0 Å². The van der Waals surface area contributed by atoms with Gasteiger partial charge in [0.25, 0.3) is 0 Å². The van der Waals surface area contributed by atoms with Crippen LogP contribution in [0.4, 0.5) is 5.82 Å². The second kappa shape index (κ2) is 5.26. The van der Waals surface area contributed by atoms with Crippen molar-refractivity contribution >= 4 is 33.9 Å². The molecule has 0 amide bonds. The van der Waals surface area contributed by atoms with Gasteiger partial charge in [-0.3, -0.25) is 0 Å². The summed E-state index contributed by atoms with van der Waals surface area (Å²) in [6, 6.07) is 10.5. The van der Waals surface area contributed by atoms with Crippen LogP contribution in [0.2, 0.25) is 0 Å². The molecule has 1 aliphatic carbocycles. The molecular formula is C17H21N3S. The first-order valence-corrected chi connectivity index (χ1v) is 7.82. The lowest BCUT2D eigenvalue weighted by Crippen LogP contribution is -2.22. The molecule has 0 spiro atoms. The lowest BCUT2D eigenvalue weighted by molar-refractivity contribution is 0.378. The van der Waals surface area contributed by atoms with Gasteiger partial charge in [-0.1, -0.05) is 44.3 Å². The van der Waals surface area contributed by atoms with Crippen LogP contribution in [0.1, 0.15) is 38.7 Å². The Morgan fingerprint density at radius 1 is 1.38 bits per heavy atom. The lowest BCUT2D eigenvalue weighted by atomic mass is 9.92. The maximum atomic E-state index is 5.88. The van der Waals surface area contributed by atoms with Crippen LogP contribution in [0.15, 0.2) is 30.3 Å². The Morgan fingerprint density at radius 2 is 2.14 bits per heavy atom. The molecule has 0 saturated heterocycles. The molecule has 0 radical (unpaired) electrons. The van der Waals surface area contributed by atoms with Crippen molar-refractivity contribution in [3.63, 3.8) is 0 Å². The second-order valence-electron chi connectivity index (χ2n) is 6.69. The number of hydrogen-bond donors (Lipinski definition) is 2. The number of benzene rings is 1. The largest absolute Gasteiger partial charge is 0.389 e. The molecule has 1 fully saturated rings. The summed E-state index contributed by atoms with van der Waals surface area (Å²) in [5, 5.41) is 4.63. The van der Waals surface area contributed by atoms with Crippen LogP contribution in [0, 0.1) is 5.41 Å². The summed E-state index contributed by atoms with van der Waals surface area (Å²) in [6.45, 7) is 4.63. The third kappa shape index (κ3) is 3.00. The molecule has 1 aromatic carbocycles. The van der Waals surface area contributed by atoms with Crippen molar-refractivity contribution < 1.29 is 0 Å². The molecule has 2 aromatic rings. The summed E-state index contributed by atoms with van der Waals surface area (Å²) < 4.78 is 0. The molecule has 1 aliphatic rings. The monoisotopic (exact) mass is 299 g/mol. The number of pyridine rings is 1. The maximum Gasteiger partial charge on any atom is 0.137 e. The average molecular weight is 299 g/mol. The van der Waals surface area contributed by atoms with Gasteiger partial charge in [0.05, 0.1) is 11.1 Å². The van der Waals surface area contributed by atoms with E-state index in [1.54, 1.807) is 0 Å². The van der Waals surface area contributed by atoms with Gasteiger partial charge in [-0.25, -0.2) is 4.98 Å². The fourth-order valence-corrected chi connectivity index (χ4v) is 3.32. The molecule has 0 aliphatic heterocycles. The van der Waals surface area contributed by atoms with E-state index in [-0.39, 0.29) is 0 Å². The molecule has 0 bridgehead atoms. The second-order valence-corrected chi connectivity index (χ2v) is 7.13. The van der Waals surface area contributed by atoms with Gasteiger partial charge < -0.3 is 11.1 Å². The van der Waals surface area contributed by atoms with Gasteiger partial charge in [0.1, 0.15) is 10.8 Å². The summed E-state index contributed by atoms with van der Waals surface area (Å²) in [5.74, 6) is 0.823. The van der Waals surface area contributed by atoms with Crippen LogP contribution in [0.5, 0.6) is 0 Å². The molecule has 1 heterocycles. The first-order chi connectivity index (χ1) is 9.94. The third-order valence-corrected chi connectivity index (χ3v) is 4.52. The van der Waals surface area contributed by atoms with Crippen molar-refractivity contribution in [2.24, 2.45) is 11.1 Å². The fraction of sp³-hybridized carbons (Fsp3) is 0.412. The molecule has 3 rings (SSSR count). The zero-order valence-electron chi connectivity index (χ0n) is 12.5. The molecule has 21 heavy (non-hydrogen) atoms. The van der Waals surface area contributed by atoms with E-state index in [0.29, 0.717) is 16.4 Å². The van der Waals surface area contributed by atoms with Crippen LogP contribution in [0.3, 0.4) is 0 Å². The number of nitrogens with two attached hydrogens (primary N) is 1. The number of anilines is 1. The van der Waals surface area contributed by atoms with Gasteiger partial charge in [-0.2, -0.15) is 0 Å². The maximum absolute atomic E-state index is 5.88. The van der Waals surface area contributed by atoms with Gasteiger partial charge in [0.15, 0.2) is 0 Å². The van der Waals surface area contributed by atoms with Crippen LogP contribution in [-0.2, 0) is 0 Å². The summed E-state index contributed by atoms with van der Waals surface area (Å²) in [6.07, 6.45) is 3.55. The highest BCUT2D eigenvalue weighted by molar-refractivity contribution is 7.80. The number of aromatic nitrogens is 1. The number of nitrogens with one attached hydrogen (secondary N) is 1. The standard InChI is InChI=1S/C17H21N3S/c1-17(2)8-7-12(10-17)19-16-13(15(18)21)9-11-5-3-4-6-14(11)20-16/h3-6,9,12H,7-8,10H2,1-2H3,(H2,18,21)(H,19,20). The van der Waals surface area contributed by atoms with Gasteiger partial charge in [-0.15, -0.1) is 0 Å². The summed E-state index contributed by atoms with van der Waals surface area (Å²) in [7, 11) is 0. The van der Waals surface area contributed by atoms with Crippen LogP contribution in [0.25, 0.3) is 10.9 Å². The van der Waals surface area contributed by atoms with Crippen LogP contribution in [-0.4, -0.2) is 16.0 Å². The SMILES string of the molecule is CC1(C)CCC(Nc2nc3ccccc3cc2C(N)=S)C1. The Bertz CT molecular complexity index is 693. The highest BCUT2D eigenvalue weighted by atomic mass is 32.1. The van der Waals surface area contributed by atoms with E-state index in [1.807, 2.05) is 30.3 Å². The van der Waals surface area contributed by atoms with Crippen molar-refractivity contribution in [1.82, 2.24) is 4.98 Å². The Kier molecular flexibility index (Phi) is 3.57. The van der Waals surface area contributed by atoms with E-state index >= 15 is 0 Å². The van der Waals surface area contributed by atoms with Gasteiger partial charge in [-0.05, 0) is 36.8 Å². The molecule has 1 saturated carbocycles. The van der Waals surface area contributed by atoms with Gasteiger partial charge in [0, 0.05) is 11.4 Å². The first kappa shape index (κ1) is 14.3. The molecule has 110 valence electrons. The van der Waals surface area contributed by atoms with E-state index in [9.17, 15) is 0 Å². The Hall–Kier alpha value is -1.68. The minimum atomic E-state index is 0.396. The smallest absolute Gasteiger partial charge is 0.137 e. The van der Waals surface area contributed by atoms with Crippen molar-refractivity contribution in [3.8, 4) is 0 Å². The summed E-state index contributed by atoms with van der Waals surface area (Å²) in [4.78, 5) is 5.13. The average Bonchev–Trinajstić information content (AvgIpc) is 2.77. The number of hydrogen-bond acceptors (Lipinski definition) is 3. The predicted octanol–water partition coefficient (Wildman–Crippen LogP) is 3.86. The van der Waals surface area contributed by atoms with E-state index in [1.165, 1.54) is 6.42 Å². The zero-order chi connectivity index (χ0) is 15.0. The number of para-hydroxylation sites is 1. The first-order valence-electron chi connectivity index (χ1n) is 7.41. The quantitative estimate of drug-likeness (QED) is 0.845. The number of thiocarbonyl (C=S) groups is 1. The fourth-order valence-electron chi connectivity index (χ4n) is 3.17. The van der Waals surface area contributed by atoms with E-state index < -0.39 is 0 Å². The Morgan fingerprint density at radius 3 is 2.81 bits per heavy atom. The van der Waals surface area contributed by atoms with E-state index in [0.717, 1.165) is 35.1 Å². The molecule has 1 unspecified atom stereocenters. The van der Waals surface area contributed by atoms with Crippen molar-refractivity contribution in [2.45, 2.75) is 39.2 Å². The van der Waals surface area contributed by atoms with Crippen molar-refractivity contribution in [1.29, 1.82) is 0 Å². The zero-order valence-corrected chi connectivity index (χ0v) is 13.3. The molecule has 3 nitrogen and oxygen atoms in total. The summed E-state index contributed by atoms with van der Waals surface area (Å²) >= 11 is 5.20. The molecule has 3 N–H and O–H groups in total. The highest BCUT2D eigenvalue weighted by Gasteiger charge is 2.31. The topological polar surface area (TPSA) is 50.9 Å². The molecule has 1 atom stereocenters. The Labute approximate surface area is 130 Å². The normalized spacial score (nSPS) is 20.6. The van der Waals surface area contributed by atoms with Crippen molar-refractivity contribution in [2.75, 3.05) is 5.32 Å².